The molecule has 7 heteroatoms. The van der Waals surface area contributed by atoms with Gasteiger partial charge in [-0.1, -0.05) is 0 Å². The van der Waals surface area contributed by atoms with Gasteiger partial charge in [-0.3, -0.25) is 9.58 Å². The first-order chi connectivity index (χ1) is 11.3. The SMILES string of the molecule is Cn1cc(-c2ncnc3c2CCN(Cc2nccs2)CC3)cn1. The Morgan fingerprint density at radius 2 is 2.09 bits per heavy atom. The van der Waals surface area contributed by atoms with E-state index in [0.717, 1.165) is 43.7 Å². The second-order valence-electron chi connectivity index (χ2n) is 5.75. The zero-order chi connectivity index (χ0) is 15.6. The normalized spacial score (nSPS) is 15.3. The van der Waals surface area contributed by atoms with E-state index in [0.29, 0.717) is 0 Å². The lowest BCUT2D eigenvalue weighted by atomic mass is 10.0. The van der Waals surface area contributed by atoms with Gasteiger partial charge in [-0.15, -0.1) is 11.3 Å². The molecule has 3 aromatic heterocycles. The summed E-state index contributed by atoms with van der Waals surface area (Å²) in [5, 5.41) is 7.48. The van der Waals surface area contributed by atoms with Gasteiger partial charge in [0.2, 0.25) is 0 Å². The van der Waals surface area contributed by atoms with Crippen molar-refractivity contribution in [2.75, 3.05) is 13.1 Å². The van der Waals surface area contributed by atoms with Gasteiger partial charge in [0.1, 0.15) is 11.3 Å². The van der Waals surface area contributed by atoms with Crippen LogP contribution in [0.1, 0.15) is 16.3 Å². The molecule has 6 nitrogen and oxygen atoms in total. The summed E-state index contributed by atoms with van der Waals surface area (Å²) in [4.78, 5) is 15.9. The molecule has 0 saturated carbocycles. The summed E-state index contributed by atoms with van der Waals surface area (Å²) in [7, 11) is 1.93. The third-order valence-corrected chi connectivity index (χ3v) is 4.96. The summed E-state index contributed by atoms with van der Waals surface area (Å²) in [5.41, 5.74) is 4.53. The van der Waals surface area contributed by atoms with Crippen LogP contribution in [-0.4, -0.2) is 42.7 Å². The molecule has 0 atom stereocenters. The molecule has 0 amide bonds. The Kier molecular flexibility index (Phi) is 3.88. The van der Waals surface area contributed by atoms with Crippen molar-refractivity contribution in [3.8, 4) is 11.3 Å². The van der Waals surface area contributed by atoms with E-state index in [-0.39, 0.29) is 0 Å². The number of nitrogens with zero attached hydrogens (tertiary/aromatic N) is 6. The number of hydrogen-bond acceptors (Lipinski definition) is 6. The lowest BCUT2D eigenvalue weighted by Crippen LogP contribution is -2.25. The maximum absolute atomic E-state index is 4.53. The minimum absolute atomic E-state index is 0.918. The highest BCUT2D eigenvalue weighted by atomic mass is 32.1. The van der Waals surface area contributed by atoms with E-state index in [9.17, 15) is 0 Å². The molecule has 0 unspecified atom stereocenters. The number of fused-ring (bicyclic) bond motifs is 1. The average Bonchev–Trinajstić information content (AvgIpc) is 3.17. The molecular weight excluding hydrogens is 308 g/mol. The van der Waals surface area contributed by atoms with E-state index in [1.54, 1.807) is 17.7 Å². The third kappa shape index (κ3) is 3.02. The van der Waals surface area contributed by atoms with Crippen LogP contribution in [0.3, 0.4) is 0 Å². The fraction of sp³-hybridized carbons (Fsp3) is 0.375. The Labute approximate surface area is 138 Å². The highest BCUT2D eigenvalue weighted by molar-refractivity contribution is 7.09. The van der Waals surface area contributed by atoms with Gasteiger partial charge in [-0.05, 0) is 6.42 Å². The van der Waals surface area contributed by atoms with E-state index in [2.05, 4.69) is 25.0 Å². The molecule has 0 bridgehead atoms. The molecular formula is C16H18N6S. The molecule has 0 aliphatic carbocycles. The molecule has 0 aromatic carbocycles. The number of thiazole rings is 1. The van der Waals surface area contributed by atoms with Crippen LogP contribution < -0.4 is 0 Å². The van der Waals surface area contributed by atoms with Gasteiger partial charge in [-0.2, -0.15) is 5.10 Å². The number of aromatic nitrogens is 5. The summed E-state index contributed by atoms with van der Waals surface area (Å²) >= 11 is 1.72. The molecule has 23 heavy (non-hydrogen) atoms. The van der Waals surface area contributed by atoms with Gasteiger partial charge in [0.25, 0.3) is 0 Å². The smallest absolute Gasteiger partial charge is 0.116 e. The van der Waals surface area contributed by atoms with Gasteiger partial charge in [0.15, 0.2) is 0 Å². The zero-order valence-corrected chi connectivity index (χ0v) is 13.8. The number of hydrogen-bond donors (Lipinski definition) is 0. The highest BCUT2D eigenvalue weighted by Crippen LogP contribution is 2.25. The lowest BCUT2D eigenvalue weighted by molar-refractivity contribution is 0.278. The first-order valence-corrected chi connectivity index (χ1v) is 8.60. The second-order valence-corrected chi connectivity index (χ2v) is 6.73. The van der Waals surface area contributed by atoms with E-state index in [4.69, 9.17) is 0 Å². The van der Waals surface area contributed by atoms with Gasteiger partial charge < -0.3 is 0 Å². The number of rotatable bonds is 3. The molecule has 0 N–H and O–H groups in total. The standard InChI is InChI=1S/C16H18N6S/c1-21-9-12(8-20-21)16-13-2-5-22(10-15-17-4-7-23-15)6-3-14(13)18-11-19-16/h4,7-9,11H,2-3,5-6,10H2,1H3. The largest absolute Gasteiger partial charge is 0.296 e. The molecule has 0 saturated heterocycles. The van der Waals surface area contributed by atoms with Gasteiger partial charge in [0.05, 0.1) is 18.4 Å². The van der Waals surface area contributed by atoms with Crippen molar-refractivity contribution >= 4 is 11.3 Å². The molecule has 118 valence electrons. The van der Waals surface area contributed by atoms with Crippen LogP contribution in [0.4, 0.5) is 0 Å². The van der Waals surface area contributed by atoms with Crippen molar-refractivity contribution < 1.29 is 0 Å². The molecule has 0 radical (unpaired) electrons. The monoisotopic (exact) mass is 326 g/mol. The fourth-order valence-electron chi connectivity index (χ4n) is 3.05. The minimum Gasteiger partial charge on any atom is -0.296 e. The van der Waals surface area contributed by atoms with Crippen LogP contribution in [0.15, 0.2) is 30.3 Å². The van der Waals surface area contributed by atoms with Crippen molar-refractivity contribution in [1.82, 2.24) is 29.6 Å². The lowest BCUT2D eigenvalue weighted by Gasteiger charge is -2.17. The summed E-state index contributed by atoms with van der Waals surface area (Å²) < 4.78 is 1.81. The Hall–Kier alpha value is -2.12. The Bertz CT molecular complexity index is 795. The average molecular weight is 326 g/mol. The quantitative estimate of drug-likeness (QED) is 0.736. The predicted octanol–water partition coefficient (Wildman–Crippen LogP) is 1.93. The van der Waals surface area contributed by atoms with Crippen LogP contribution in [0.25, 0.3) is 11.3 Å². The first-order valence-electron chi connectivity index (χ1n) is 7.72. The van der Waals surface area contributed by atoms with Crippen molar-refractivity contribution in [3.63, 3.8) is 0 Å². The molecule has 4 rings (SSSR count). The first kappa shape index (κ1) is 14.5. The Morgan fingerprint density at radius 3 is 2.87 bits per heavy atom. The van der Waals surface area contributed by atoms with Crippen molar-refractivity contribution in [2.24, 2.45) is 7.05 Å². The maximum Gasteiger partial charge on any atom is 0.116 e. The Morgan fingerprint density at radius 1 is 1.17 bits per heavy atom. The van der Waals surface area contributed by atoms with E-state index < -0.39 is 0 Å². The molecule has 0 fully saturated rings. The maximum atomic E-state index is 4.53. The second kappa shape index (κ2) is 6.17. The number of aryl methyl sites for hydroxylation is 1. The van der Waals surface area contributed by atoms with Crippen molar-refractivity contribution in [1.29, 1.82) is 0 Å². The van der Waals surface area contributed by atoms with Crippen LogP contribution in [0.2, 0.25) is 0 Å². The topological polar surface area (TPSA) is 59.7 Å². The van der Waals surface area contributed by atoms with E-state index in [1.807, 2.05) is 35.7 Å². The molecule has 1 aliphatic heterocycles. The highest BCUT2D eigenvalue weighted by Gasteiger charge is 2.20. The predicted molar refractivity (Wildman–Crippen MR) is 89.0 cm³/mol. The summed E-state index contributed by atoms with van der Waals surface area (Å²) in [5.74, 6) is 0. The van der Waals surface area contributed by atoms with Gasteiger partial charge in [0, 0.05) is 61.2 Å². The summed E-state index contributed by atoms with van der Waals surface area (Å²) in [6.45, 7) is 2.94. The fourth-order valence-corrected chi connectivity index (χ4v) is 3.70. The van der Waals surface area contributed by atoms with Gasteiger partial charge >= 0.3 is 0 Å². The van der Waals surface area contributed by atoms with Gasteiger partial charge in [-0.25, -0.2) is 15.0 Å². The van der Waals surface area contributed by atoms with Crippen molar-refractivity contribution in [3.05, 3.63) is 46.6 Å². The minimum atomic E-state index is 0.918. The molecule has 3 aromatic rings. The van der Waals surface area contributed by atoms with Crippen molar-refractivity contribution in [2.45, 2.75) is 19.4 Å². The van der Waals surface area contributed by atoms with Crippen LogP contribution in [0, 0.1) is 0 Å². The Balaban J connectivity index is 1.59. The van der Waals surface area contributed by atoms with Crippen LogP contribution >= 0.6 is 11.3 Å². The zero-order valence-electron chi connectivity index (χ0n) is 13.0. The summed E-state index contributed by atoms with van der Waals surface area (Å²) in [6.07, 6.45) is 9.36. The molecule has 4 heterocycles. The molecule has 1 aliphatic rings. The third-order valence-electron chi connectivity index (χ3n) is 4.20. The molecule has 0 spiro atoms. The van der Waals surface area contributed by atoms with E-state index in [1.165, 1.54) is 16.3 Å². The summed E-state index contributed by atoms with van der Waals surface area (Å²) in [6, 6.07) is 0. The van der Waals surface area contributed by atoms with E-state index >= 15 is 0 Å². The van der Waals surface area contributed by atoms with Crippen LogP contribution in [-0.2, 0) is 26.4 Å². The van der Waals surface area contributed by atoms with Crippen LogP contribution in [0.5, 0.6) is 0 Å².